The molecular weight excluding hydrogens is 140 g/mol. The molecule has 1 aliphatic rings. The molecule has 0 radical (unpaired) electrons. The van der Waals surface area contributed by atoms with Crippen LogP contribution in [0, 0.1) is 0 Å². The van der Waals surface area contributed by atoms with Crippen molar-refractivity contribution in [3.63, 3.8) is 0 Å². The number of hydrogen-bond donors (Lipinski definition) is 0. The van der Waals surface area contributed by atoms with Crippen LogP contribution in [0.5, 0.6) is 0 Å². The molecule has 0 aromatic rings. The molecule has 0 nitrogen and oxygen atoms in total. The second-order valence-corrected chi connectivity index (χ2v) is 3.27. The van der Waals surface area contributed by atoms with E-state index in [0.717, 1.165) is 11.5 Å². The molecule has 0 fully saturated rings. The van der Waals surface area contributed by atoms with Gasteiger partial charge >= 0.3 is 0 Å². The van der Waals surface area contributed by atoms with Crippen LogP contribution in [-0.4, -0.2) is 11.5 Å². The molecule has 0 N–H and O–H groups in total. The predicted molar refractivity (Wildman–Crippen MR) is 49.4 cm³/mol. The number of allylic oxidation sites excluding steroid dienone is 3. The molecule has 0 unspecified atom stereocenters. The molecule has 1 rings (SSSR count). The lowest BCUT2D eigenvalue weighted by atomic mass is 10.2. The summed E-state index contributed by atoms with van der Waals surface area (Å²) in [6, 6.07) is 0. The quantitative estimate of drug-likeness (QED) is 0.556. The van der Waals surface area contributed by atoms with Gasteiger partial charge in [-0.25, -0.2) is 0 Å². The van der Waals surface area contributed by atoms with Gasteiger partial charge in [-0.05, 0) is 18.1 Å². The zero-order valence-corrected chi connectivity index (χ0v) is 7.08. The van der Waals surface area contributed by atoms with Gasteiger partial charge in [0.1, 0.15) is 0 Å². The van der Waals surface area contributed by atoms with Gasteiger partial charge in [-0.3, -0.25) is 0 Å². The third kappa shape index (κ3) is 1.77. The lowest BCUT2D eigenvalue weighted by molar-refractivity contribution is 1.39. The molecule has 1 heterocycles. The number of hydrogen-bond acceptors (Lipinski definition) is 1. The maximum atomic E-state index is 3.74. The van der Waals surface area contributed by atoms with Gasteiger partial charge in [0.2, 0.25) is 0 Å². The standard InChI is InChI=1S/C9H12S/c1-3-8-5-9(4-2)7-10-6-8/h3-5H,1,6-7H2,2H3/b9-4-. The van der Waals surface area contributed by atoms with Crippen LogP contribution in [-0.2, 0) is 0 Å². The minimum Gasteiger partial charge on any atom is -0.152 e. The van der Waals surface area contributed by atoms with E-state index in [2.05, 4.69) is 25.7 Å². The minimum atomic E-state index is 1.13. The summed E-state index contributed by atoms with van der Waals surface area (Å²) in [5, 5.41) is 0. The Bertz CT molecular complexity index is 187. The van der Waals surface area contributed by atoms with Crippen LogP contribution >= 0.6 is 11.8 Å². The van der Waals surface area contributed by atoms with Gasteiger partial charge in [-0.15, -0.1) is 0 Å². The monoisotopic (exact) mass is 152 g/mol. The third-order valence-corrected chi connectivity index (χ3v) is 2.62. The second-order valence-electron chi connectivity index (χ2n) is 2.28. The summed E-state index contributed by atoms with van der Waals surface area (Å²) in [4.78, 5) is 0. The van der Waals surface area contributed by atoms with Crippen LogP contribution in [0.2, 0.25) is 0 Å². The lowest BCUT2D eigenvalue weighted by Crippen LogP contribution is -1.96. The van der Waals surface area contributed by atoms with E-state index in [0.29, 0.717) is 0 Å². The van der Waals surface area contributed by atoms with Crippen molar-refractivity contribution in [3.8, 4) is 0 Å². The van der Waals surface area contributed by atoms with Crippen molar-refractivity contribution >= 4 is 11.8 Å². The summed E-state index contributed by atoms with van der Waals surface area (Å²) in [5.41, 5.74) is 2.77. The van der Waals surface area contributed by atoms with Crippen LogP contribution in [0.4, 0.5) is 0 Å². The normalized spacial score (nSPS) is 22.5. The molecule has 0 bridgehead atoms. The first kappa shape index (κ1) is 7.67. The van der Waals surface area contributed by atoms with Gasteiger partial charge in [0, 0.05) is 11.5 Å². The predicted octanol–water partition coefficient (Wildman–Crippen LogP) is 2.79. The zero-order valence-electron chi connectivity index (χ0n) is 6.26. The van der Waals surface area contributed by atoms with Gasteiger partial charge in [-0.2, -0.15) is 11.8 Å². The maximum Gasteiger partial charge on any atom is 0.0187 e. The highest BCUT2D eigenvalue weighted by atomic mass is 32.2. The van der Waals surface area contributed by atoms with E-state index in [-0.39, 0.29) is 0 Å². The fourth-order valence-electron chi connectivity index (χ4n) is 0.893. The molecule has 0 spiro atoms. The molecule has 0 saturated heterocycles. The molecule has 0 aliphatic carbocycles. The molecule has 0 saturated carbocycles. The summed E-state index contributed by atoms with van der Waals surface area (Å²) in [6.45, 7) is 5.83. The molecule has 0 aromatic carbocycles. The Balaban J connectivity index is 2.75. The van der Waals surface area contributed by atoms with Crippen molar-refractivity contribution < 1.29 is 0 Å². The Kier molecular flexibility index (Phi) is 2.82. The van der Waals surface area contributed by atoms with Gasteiger partial charge in [0.05, 0.1) is 0 Å². The summed E-state index contributed by atoms with van der Waals surface area (Å²) in [7, 11) is 0. The molecule has 0 amide bonds. The van der Waals surface area contributed by atoms with Crippen molar-refractivity contribution in [2.75, 3.05) is 11.5 Å². The molecule has 10 heavy (non-hydrogen) atoms. The average Bonchev–Trinajstić information content (AvgIpc) is 2.05. The van der Waals surface area contributed by atoms with Crippen LogP contribution in [0.3, 0.4) is 0 Å². The van der Waals surface area contributed by atoms with Gasteiger partial charge < -0.3 is 0 Å². The molecule has 1 aliphatic heterocycles. The highest BCUT2D eigenvalue weighted by Crippen LogP contribution is 2.21. The van der Waals surface area contributed by atoms with Crippen LogP contribution in [0.15, 0.2) is 36.0 Å². The van der Waals surface area contributed by atoms with Crippen molar-refractivity contribution in [3.05, 3.63) is 36.0 Å². The molecule has 54 valence electrons. The molecular formula is C9H12S. The highest BCUT2D eigenvalue weighted by Gasteiger charge is 2.02. The van der Waals surface area contributed by atoms with E-state index in [9.17, 15) is 0 Å². The van der Waals surface area contributed by atoms with Crippen molar-refractivity contribution in [1.82, 2.24) is 0 Å². The first-order chi connectivity index (χ1) is 4.86. The van der Waals surface area contributed by atoms with Crippen LogP contribution in [0.1, 0.15) is 6.92 Å². The molecule has 0 atom stereocenters. The number of thioether (sulfide) groups is 1. The highest BCUT2D eigenvalue weighted by molar-refractivity contribution is 7.99. The Labute approximate surface area is 66.7 Å². The van der Waals surface area contributed by atoms with Crippen molar-refractivity contribution in [2.24, 2.45) is 0 Å². The van der Waals surface area contributed by atoms with E-state index >= 15 is 0 Å². The van der Waals surface area contributed by atoms with E-state index in [1.165, 1.54) is 11.1 Å². The zero-order chi connectivity index (χ0) is 7.40. The lowest BCUT2D eigenvalue weighted by Gasteiger charge is -2.10. The van der Waals surface area contributed by atoms with Crippen molar-refractivity contribution in [1.29, 1.82) is 0 Å². The van der Waals surface area contributed by atoms with E-state index < -0.39 is 0 Å². The van der Waals surface area contributed by atoms with E-state index in [1.807, 2.05) is 17.8 Å². The average molecular weight is 152 g/mol. The van der Waals surface area contributed by atoms with Crippen LogP contribution < -0.4 is 0 Å². The largest absolute Gasteiger partial charge is 0.152 e. The summed E-state index contributed by atoms with van der Waals surface area (Å²) in [6.07, 6.45) is 6.33. The second kappa shape index (κ2) is 3.67. The van der Waals surface area contributed by atoms with Crippen molar-refractivity contribution in [2.45, 2.75) is 6.92 Å². The summed E-state index contributed by atoms with van der Waals surface area (Å²) in [5.74, 6) is 2.29. The van der Waals surface area contributed by atoms with Crippen LogP contribution in [0.25, 0.3) is 0 Å². The Morgan fingerprint density at radius 3 is 3.00 bits per heavy atom. The van der Waals surface area contributed by atoms with E-state index in [1.54, 1.807) is 0 Å². The maximum absolute atomic E-state index is 3.74. The first-order valence-corrected chi connectivity index (χ1v) is 4.58. The number of rotatable bonds is 1. The third-order valence-electron chi connectivity index (χ3n) is 1.54. The minimum absolute atomic E-state index is 1.13. The Hall–Kier alpha value is -0.430. The van der Waals surface area contributed by atoms with Gasteiger partial charge in [-0.1, -0.05) is 24.8 Å². The fraction of sp³-hybridized carbons (Fsp3) is 0.333. The Morgan fingerprint density at radius 1 is 1.60 bits per heavy atom. The smallest absolute Gasteiger partial charge is 0.0187 e. The summed E-state index contributed by atoms with van der Waals surface area (Å²) < 4.78 is 0. The topological polar surface area (TPSA) is 0 Å². The van der Waals surface area contributed by atoms with Gasteiger partial charge in [0.15, 0.2) is 0 Å². The fourth-order valence-corrected chi connectivity index (χ4v) is 1.92. The molecule has 1 heteroatoms. The summed E-state index contributed by atoms with van der Waals surface area (Å²) >= 11 is 1.95. The van der Waals surface area contributed by atoms with E-state index in [4.69, 9.17) is 0 Å². The SMILES string of the molecule is C=CC1=C/C(=C/C)CSC1. The Morgan fingerprint density at radius 2 is 2.40 bits per heavy atom. The van der Waals surface area contributed by atoms with Gasteiger partial charge in [0.25, 0.3) is 0 Å². The molecule has 0 aromatic heterocycles. The first-order valence-electron chi connectivity index (χ1n) is 3.42.